The van der Waals surface area contributed by atoms with Crippen LogP contribution in [-0.2, 0) is 15.0 Å². The number of anilines is 2. The second-order valence-corrected chi connectivity index (χ2v) is 13.7. The van der Waals surface area contributed by atoms with Crippen molar-refractivity contribution < 1.29 is 19.8 Å². The lowest BCUT2D eigenvalue weighted by Gasteiger charge is -2.40. The number of benzene rings is 2. The van der Waals surface area contributed by atoms with Gasteiger partial charge < -0.3 is 20.8 Å². The second-order valence-electron chi connectivity index (χ2n) is 13.7. The van der Waals surface area contributed by atoms with Crippen molar-refractivity contribution in [1.29, 1.82) is 0 Å². The molecular weight excluding hydrogens is 488 g/mol. The number of amides is 1. The van der Waals surface area contributed by atoms with E-state index in [1.165, 1.54) is 6.42 Å². The van der Waals surface area contributed by atoms with Gasteiger partial charge in [-0.25, -0.2) is 0 Å². The van der Waals surface area contributed by atoms with E-state index >= 15 is 0 Å². The SMILES string of the molecule is CNc1cc(C(C)(C)c2ccc(O)c(NC(=O)C3(C)CC4CC(C3)C3CC(C)(C(C)=O)CCC43)c2)ccc1O. The number of hydrogen-bond acceptors (Lipinski definition) is 5. The highest BCUT2D eigenvalue weighted by Crippen LogP contribution is 2.62. The van der Waals surface area contributed by atoms with Crippen molar-refractivity contribution >= 4 is 23.1 Å². The highest BCUT2D eigenvalue weighted by atomic mass is 16.3. The standard InChI is InChI=1S/C33H44N2O4/c1-19(36)32(4)12-11-24-20-13-21(25(24)18-32)17-33(5,16-20)30(39)35-27-15-23(8-10-29(27)38)31(2,3)22-7-9-28(37)26(14-22)34-6/h7-10,14-15,20-21,24-25,34,37-38H,11-13,16-18H2,1-6H3,(H,35,39). The van der Waals surface area contributed by atoms with Gasteiger partial charge in [-0.3, -0.25) is 9.59 Å². The number of aromatic hydroxyl groups is 2. The number of phenolic OH excluding ortho intramolecular Hbond substituents is 2. The molecule has 3 aliphatic carbocycles. The number of ketones is 1. The van der Waals surface area contributed by atoms with Crippen molar-refractivity contribution in [2.75, 3.05) is 17.7 Å². The summed E-state index contributed by atoms with van der Waals surface area (Å²) in [5.74, 6) is 2.65. The first-order chi connectivity index (χ1) is 18.3. The summed E-state index contributed by atoms with van der Waals surface area (Å²) in [4.78, 5) is 26.2. The molecule has 0 heterocycles. The highest BCUT2D eigenvalue weighted by Gasteiger charge is 2.57. The van der Waals surface area contributed by atoms with Gasteiger partial charge in [0.1, 0.15) is 17.3 Å². The minimum absolute atomic E-state index is 0.0301. The third-order valence-electron chi connectivity index (χ3n) is 10.9. The maximum absolute atomic E-state index is 13.8. The predicted octanol–water partition coefficient (Wildman–Crippen LogP) is 6.85. The maximum Gasteiger partial charge on any atom is 0.230 e. The number of phenols is 2. The van der Waals surface area contributed by atoms with Crippen LogP contribution in [0.3, 0.4) is 0 Å². The Morgan fingerprint density at radius 3 is 2.03 bits per heavy atom. The minimum atomic E-state index is -0.506. The Hall–Kier alpha value is -3.02. The highest BCUT2D eigenvalue weighted by molar-refractivity contribution is 5.96. The van der Waals surface area contributed by atoms with Gasteiger partial charge in [0, 0.05) is 23.3 Å². The minimum Gasteiger partial charge on any atom is -0.506 e. The van der Waals surface area contributed by atoms with E-state index in [0.29, 0.717) is 40.8 Å². The van der Waals surface area contributed by atoms with Crippen LogP contribution < -0.4 is 10.6 Å². The van der Waals surface area contributed by atoms with Crippen LogP contribution in [0.15, 0.2) is 36.4 Å². The Kier molecular flexibility index (Phi) is 6.76. The molecule has 210 valence electrons. The molecule has 2 bridgehead atoms. The molecule has 0 aromatic heterocycles. The van der Waals surface area contributed by atoms with E-state index in [1.54, 1.807) is 26.1 Å². The fraction of sp³-hybridized carbons (Fsp3) is 0.576. The van der Waals surface area contributed by atoms with Gasteiger partial charge in [0.15, 0.2) is 0 Å². The number of hydrogen-bond donors (Lipinski definition) is 4. The molecule has 5 rings (SSSR count). The molecule has 1 amide bonds. The van der Waals surface area contributed by atoms with Crippen molar-refractivity contribution in [1.82, 2.24) is 0 Å². The smallest absolute Gasteiger partial charge is 0.230 e. The molecular formula is C33H44N2O4. The molecule has 2 aromatic rings. The monoisotopic (exact) mass is 532 g/mol. The van der Waals surface area contributed by atoms with E-state index in [2.05, 4.69) is 38.3 Å². The predicted molar refractivity (Wildman–Crippen MR) is 155 cm³/mol. The van der Waals surface area contributed by atoms with Crippen LogP contribution in [0.25, 0.3) is 0 Å². The van der Waals surface area contributed by atoms with E-state index in [4.69, 9.17) is 0 Å². The average molecular weight is 533 g/mol. The number of rotatable bonds is 6. The molecule has 3 fully saturated rings. The van der Waals surface area contributed by atoms with Gasteiger partial charge in [-0.15, -0.1) is 0 Å². The number of fused-ring (bicyclic) bond motifs is 5. The maximum atomic E-state index is 13.8. The quantitative estimate of drug-likeness (QED) is 0.305. The lowest BCUT2D eigenvalue weighted by Crippen LogP contribution is -2.39. The number of carbonyl (C=O) groups is 2. The third-order valence-corrected chi connectivity index (χ3v) is 10.9. The fourth-order valence-electron chi connectivity index (χ4n) is 8.12. The summed E-state index contributed by atoms with van der Waals surface area (Å²) in [6.45, 7) is 10.1. The zero-order chi connectivity index (χ0) is 28.3. The summed E-state index contributed by atoms with van der Waals surface area (Å²) in [7, 11) is 1.77. The van der Waals surface area contributed by atoms with E-state index in [0.717, 1.165) is 43.2 Å². The Labute approximate surface area is 232 Å². The van der Waals surface area contributed by atoms with E-state index < -0.39 is 10.8 Å². The van der Waals surface area contributed by atoms with E-state index in [1.807, 2.05) is 24.3 Å². The Morgan fingerprint density at radius 2 is 1.44 bits per heavy atom. The summed E-state index contributed by atoms with van der Waals surface area (Å²) in [5, 5.41) is 27.0. The average Bonchev–Trinajstić information content (AvgIpc) is 3.14. The van der Waals surface area contributed by atoms with E-state index in [9.17, 15) is 19.8 Å². The van der Waals surface area contributed by atoms with Gasteiger partial charge in [0.2, 0.25) is 5.91 Å². The van der Waals surface area contributed by atoms with E-state index in [-0.39, 0.29) is 22.8 Å². The first-order valence-electron chi connectivity index (χ1n) is 14.4. The molecule has 3 aliphatic rings. The van der Waals surface area contributed by atoms with Crippen LogP contribution in [0.1, 0.15) is 84.3 Å². The molecule has 0 saturated heterocycles. The van der Waals surface area contributed by atoms with Crippen molar-refractivity contribution in [3.8, 4) is 11.5 Å². The molecule has 39 heavy (non-hydrogen) atoms. The van der Waals surface area contributed by atoms with Gasteiger partial charge in [-0.2, -0.15) is 0 Å². The van der Waals surface area contributed by atoms with Gasteiger partial charge in [-0.1, -0.05) is 39.8 Å². The normalized spacial score (nSPS) is 31.8. The molecule has 3 saturated carbocycles. The summed E-state index contributed by atoms with van der Waals surface area (Å²) in [6.07, 6.45) is 5.86. The lowest BCUT2D eigenvalue weighted by molar-refractivity contribution is -0.129. The number of Topliss-reactive ketones (excluding diaryl/α,β-unsaturated/α-hetero) is 1. The van der Waals surface area contributed by atoms with Crippen LogP contribution in [0.2, 0.25) is 0 Å². The van der Waals surface area contributed by atoms with Crippen molar-refractivity contribution in [2.24, 2.45) is 34.5 Å². The van der Waals surface area contributed by atoms with Crippen LogP contribution >= 0.6 is 0 Å². The van der Waals surface area contributed by atoms with Gasteiger partial charge in [0.25, 0.3) is 0 Å². The van der Waals surface area contributed by atoms with Gasteiger partial charge >= 0.3 is 0 Å². The molecule has 6 atom stereocenters. The first-order valence-corrected chi connectivity index (χ1v) is 14.4. The summed E-state index contributed by atoms with van der Waals surface area (Å²) < 4.78 is 0. The van der Waals surface area contributed by atoms with Crippen LogP contribution in [-0.4, -0.2) is 29.0 Å². The lowest BCUT2D eigenvalue weighted by atomic mass is 9.63. The fourth-order valence-corrected chi connectivity index (χ4v) is 8.12. The molecule has 0 radical (unpaired) electrons. The summed E-state index contributed by atoms with van der Waals surface area (Å²) in [6, 6.07) is 10.9. The van der Waals surface area contributed by atoms with Crippen LogP contribution in [0.5, 0.6) is 11.5 Å². The molecule has 6 nitrogen and oxygen atoms in total. The number of nitrogens with one attached hydrogen (secondary N) is 2. The summed E-state index contributed by atoms with van der Waals surface area (Å²) >= 11 is 0. The van der Waals surface area contributed by atoms with Crippen molar-refractivity contribution in [3.63, 3.8) is 0 Å². The first kappa shape index (κ1) is 27.5. The zero-order valence-corrected chi connectivity index (χ0v) is 24.2. The third kappa shape index (κ3) is 4.70. The molecule has 2 aromatic carbocycles. The van der Waals surface area contributed by atoms with Gasteiger partial charge in [0.05, 0.1) is 11.4 Å². The molecule has 0 spiro atoms. The Balaban J connectivity index is 1.36. The largest absolute Gasteiger partial charge is 0.506 e. The molecule has 4 N–H and O–H groups in total. The van der Waals surface area contributed by atoms with Gasteiger partial charge in [-0.05, 0) is 105 Å². The Bertz CT molecular complexity index is 1300. The second kappa shape index (κ2) is 9.57. The van der Waals surface area contributed by atoms with Crippen LogP contribution in [0.4, 0.5) is 11.4 Å². The van der Waals surface area contributed by atoms with Crippen LogP contribution in [0, 0.1) is 34.5 Å². The molecule has 6 heteroatoms. The zero-order valence-electron chi connectivity index (χ0n) is 24.2. The topological polar surface area (TPSA) is 98.7 Å². The van der Waals surface area contributed by atoms with Crippen molar-refractivity contribution in [2.45, 2.75) is 78.6 Å². The summed E-state index contributed by atoms with van der Waals surface area (Å²) in [5.41, 5.74) is 1.88. The Morgan fingerprint density at radius 1 is 0.872 bits per heavy atom. The molecule has 0 aliphatic heterocycles. The van der Waals surface area contributed by atoms with Crippen molar-refractivity contribution in [3.05, 3.63) is 47.5 Å². The number of carbonyl (C=O) groups excluding carboxylic acids is 2. The molecule has 6 unspecified atom stereocenters.